The minimum Gasteiger partial charge on any atom is -0.508 e. The summed E-state index contributed by atoms with van der Waals surface area (Å²) in [4.78, 5) is 4.11. The van der Waals surface area contributed by atoms with Gasteiger partial charge in [0, 0.05) is 17.0 Å². The highest BCUT2D eigenvalue weighted by molar-refractivity contribution is 7.85. The third kappa shape index (κ3) is 2.70. The zero-order chi connectivity index (χ0) is 15.8. The molecule has 0 aliphatic carbocycles. The van der Waals surface area contributed by atoms with Crippen molar-refractivity contribution in [2.45, 2.75) is 42.0 Å². The normalized spacial score (nSPS) is 20.8. The van der Waals surface area contributed by atoms with E-state index in [1.165, 1.54) is 19.3 Å². The molecule has 0 spiro atoms. The maximum atomic E-state index is 13.1. The summed E-state index contributed by atoms with van der Waals surface area (Å²) in [5.41, 5.74) is 3.08. The highest BCUT2D eigenvalue weighted by atomic mass is 32.2. The Morgan fingerprint density at radius 3 is 2.61 bits per heavy atom. The van der Waals surface area contributed by atoms with Gasteiger partial charge in [-0.05, 0) is 55.6 Å². The summed E-state index contributed by atoms with van der Waals surface area (Å²) in [6.45, 7) is 2.82. The van der Waals surface area contributed by atoms with Gasteiger partial charge >= 0.3 is 0 Å². The van der Waals surface area contributed by atoms with Gasteiger partial charge in [0.15, 0.2) is 0 Å². The van der Waals surface area contributed by atoms with Crippen LogP contribution in [-0.4, -0.2) is 27.3 Å². The first-order valence-electron chi connectivity index (χ1n) is 8.30. The summed E-state index contributed by atoms with van der Waals surface area (Å²) in [5, 5.41) is 10.4. The van der Waals surface area contributed by atoms with Gasteiger partial charge in [-0.25, -0.2) is 4.21 Å². The monoisotopic (exact) mass is 327 g/mol. The van der Waals surface area contributed by atoms with Gasteiger partial charge in [-0.1, -0.05) is 30.7 Å². The van der Waals surface area contributed by atoms with Crippen LogP contribution in [0.5, 0.6) is 5.75 Å². The second-order valence-electron chi connectivity index (χ2n) is 6.44. The molecule has 1 unspecified atom stereocenters. The molecule has 2 aliphatic rings. The molecule has 1 N–H and O–H groups in total. The van der Waals surface area contributed by atoms with Crippen LogP contribution in [-0.2, 0) is 23.8 Å². The summed E-state index contributed by atoms with van der Waals surface area (Å²) in [6, 6.07) is 11.6. The highest BCUT2D eigenvalue weighted by Gasteiger charge is 2.27. The fourth-order valence-corrected chi connectivity index (χ4v) is 5.25. The van der Waals surface area contributed by atoms with Crippen molar-refractivity contribution in [3.63, 3.8) is 0 Å². The van der Waals surface area contributed by atoms with Gasteiger partial charge in [0.2, 0.25) is 0 Å². The second-order valence-corrected chi connectivity index (χ2v) is 7.83. The maximum Gasteiger partial charge on any atom is 0.121 e. The van der Waals surface area contributed by atoms with Crippen LogP contribution >= 0.6 is 0 Å². The predicted molar refractivity (Wildman–Crippen MR) is 91.2 cm³/mol. The number of hydrogen-bond acceptors (Lipinski definition) is 3. The molecule has 2 aliphatic heterocycles. The Balaban J connectivity index is 1.76. The molecule has 1 saturated heterocycles. The molecular formula is C19H21NO2S. The van der Waals surface area contributed by atoms with Crippen LogP contribution in [0.3, 0.4) is 0 Å². The van der Waals surface area contributed by atoms with Gasteiger partial charge < -0.3 is 5.11 Å². The molecule has 2 heterocycles. The van der Waals surface area contributed by atoms with Crippen molar-refractivity contribution in [2.24, 2.45) is 0 Å². The number of nitrogens with zero attached hydrogens (tertiary/aromatic N) is 1. The molecule has 120 valence electrons. The molecule has 2 aromatic rings. The van der Waals surface area contributed by atoms with E-state index in [2.05, 4.69) is 4.90 Å². The highest BCUT2D eigenvalue weighted by Crippen LogP contribution is 2.37. The van der Waals surface area contributed by atoms with Crippen molar-refractivity contribution in [1.29, 1.82) is 0 Å². The lowest BCUT2D eigenvalue weighted by Gasteiger charge is -2.29. The van der Waals surface area contributed by atoms with E-state index in [1.54, 1.807) is 6.07 Å². The molecular weight excluding hydrogens is 306 g/mol. The third-order valence-corrected chi connectivity index (χ3v) is 6.56. The number of benzene rings is 2. The summed E-state index contributed by atoms with van der Waals surface area (Å²) in [6.07, 6.45) is 4.50. The van der Waals surface area contributed by atoms with E-state index in [0.29, 0.717) is 6.54 Å². The fraction of sp³-hybridized carbons (Fsp3) is 0.368. The number of phenols is 1. The Kier molecular flexibility index (Phi) is 3.95. The molecule has 2 aromatic carbocycles. The molecule has 1 fully saturated rings. The van der Waals surface area contributed by atoms with Crippen LogP contribution in [0.2, 0.25) is 0 Å². The zero-order valence-corrected chi connectivity index (χ0v) is 13.9. The number of rotatable bonds is 2. The minimum atomic E-state index is -1.20. The van der Waals surface area contributed by atoms with E-state index < -0.39 is 10.8 Å². The molecule has 4 heteroatoms. The standard InChI is InChI=1S/C19H21NO2S/c21-17-9-8-15-12-14-6-2-3-7-18(14)23(22)19(15)16(17)13-20-10-4-1-5-11-20/h2-3,6-9,21H,1,4-5,10-13H2. The van der Waals surface area contributed by atoms with Gasteiger partial charge in [-0.2, -0.15) is 0 Å². The van der Waals surface area contributed by atoms with Gasteiger partial charge in [0.25, 0.3) is 0 Å². The number of aromatic hydroxyl groups is 1. The van der Waals surface area contributed by atoms with Crippen molar-refractivity contribution >= 4 is 10.8 Å². The number of likely N-dealkylation sites (tertiary alicyclic amines) is 1. The lowest BCUT2D eigenvalue weighted by Crippen LogP contribution is -2.30. The molecule has 1 atom stereocenters. The number of hydrogen-bond donors (Lipinski definition) is 1. The molecule has 0 saturated carbocycles. The first-order chi connectivity index (χ1) is 11.2. The quantitative estimate of drug-likeness (QED) is 0.784. The molecule has 23 heavy (non-hydrogen) atoms. The number of phenolic OH excluding ortho intramolecular Hbond substituents is 1. The molecule has 4 rings (SSSR count). The summed E-state index contributed by atoms with van der Waals surface area (Å²) >= 11 is 0. The Morgan fingerprint density at radius 2 is 1.78 bits per heavy atom. The molecule has 3 nitrogen and oxygen atoms in total. The zero-order valence-electron chi connectivity index (χ0n) is 13.1. The van der Waals surface area contributed by atoms with Crippen LogP contribution < -0.4 is 0 Å². The van der Waals surface area contributed by atoms with E-state index in [4.69, 9.17) is 0 Å². The molecule has 0 bridgehead atoms. The maximum absolute atomic E-state index is 13.1. The Morgan fingerprint density at radius 1 is 1.00 bits per heavy atom. The van der Waals surface area contributed by atoms with Crippen molar-refractivity contribution in [2.75, 3.05) is 13.1 Å². The van der Waals surface area contributed by atoms with E-state index in [0.717, 1.165) is 46.0 Å². The topological polar surface area (TPSA) is 40.5 Å². The van der Waals surface area contributed by atoms with E-state index in [-0.39, 0.29) is 5.75 Å². The summed E-state index contributed by atoms with van der Waals surface area (Å²) in [5.74, 6) is 0.280. The largest absolute Gasteiger partial charge is 0.508 e. The molecule has 0 radical (unpaired) electrons. The lowest BCUT2D eigenvalue weighted by atomic mass is 10.0. The first kappa shape index (κ1) is 14.9. The lowest BCUT2D eigenvalue weighted by molar-refractivity contribution is 0.217. The Hall–Kier alpha value is -1.65. The van der Waals surface area contributed by atoms with Crippen LogP contribution in [0.25, 0.3) is 0 Å². The van der Waals surface area contributed by atoms with Crippen molar-refractivity contribution < 1.29 is 9.32 Å². The SMILES string of the molecule is O=S1c2ccccc2Cc2ccc(O)c(CN3CCCCC3)c21. The van der Waals surface area contributed by atoms with Crippen LogP contribution in [0.15, 0.2) is 46.2 Å². The number of fused-ring (bicyclic) bond motifs is 2. The van der Waals surface area contributed by atoms with Crippen molar-refractivity contribution in [1.82, 2.24) is 4.90 Å². The van der Waals surface area contributed by atoms with Crippen LogP contribution in [0, 0.1) is 0 Å². The third-order valence-electron chi connectivity index (χ3n) is 4.89. The Bertz CT molecular complexity index is 766. The minimum absolute atomic E-state index is 0.280. The van der Waals surface area contributed by atoms with Gasteiger partial charge in [0.1, 0.15) is 5.75 Å². The van der Waals surface area contributed by atoms with Crippen LogP contribution in [0.1, 0.15) is 36.0 Å². The number of piperidine rings is 1. The average molecular weight is 327 g/mol. The van der Waals surface area contributed by atoms with Gasteiger partial charge in [-0.3, -0.25) is 4.90 Å². The van der Waals surface area contributed by atoms with Gasteiger partial charge in [-0.15, -0.1) is 0 Å². The van der Waals surface area contributed by atoms with Gasteiger partial charge in [0.05, 0.1) is 15.7 Å². The first-order valence-corrected chi connectivity index (χ1v) is 9.45. The van der Waals surface area contributed by atoms with E-state index in [1.807, 2.05) is 30.3 Å². The van der Waals surface area contributed by atoms with E-state index in [9.17, 15) is 9.32 Å². The summed E-state index contributed by atoms with van der Waals surface area (Å²) in [7, 11) is -1.20. The fourth-order valence-electron chi connectivity index (χ4n) is 3.68. The molecule has 0 amide bonds. The Labute approximate surface area is 139 Å². The van der Waals surface area contributed by atoms with E-state index >= 15 is 0 Å². The van der Waals surface area contributed by atoms with Crippen molar-refractivity contribution in [3.05, 3.63) is 53.1 Å². The smallest absolute Gasteiger partial charge is 0.121 e. The second kappa shape index (κ2) is 6.10. The van der Waals surface area contributed by atoms with Crippen molar-refractivity contribution in [3.8, 4) is 5.75 Å². The predicted octanol–water partition coefficient (Wildman–Crippen LogP) is 3.45. The average Bonchev–Trinajstić information content (AvgIpc) is 2.59. The molecule has 0 aromatic heterocycles. The van der Waals surface area contributed by atoms with Crippen LogP contribution in [0.4, 0.5) is 0 Å². The summed E-state index contributed by atoms with van der Waals surface area (Å²) < 4.78 is 13.1.